The maximum atomic E-state index is 12.2. The van der Waals surface area contributed by atoms with E-state index in [0.29, 0.717) is 13.2 Å². The molecular formula is C20H25NO3S. The van der Waals surface area contributed by atoms with Gasteiger partial charge in [0, 0.05) is 4.90 Å². The van der Waals surface area contributed by atoms with Crippen molar-refractivity contribution in [2.45, 2.75) is 30.9 Å². The monoisotopic (exact) mass is 359 g/mol. The fraction of sp³-hybridized carbons (Fsp3) is 0.350. The summed E-state index contributed by atoms with van der Waals surface area (Å²) in [5.41, 5.74) is 2.21. The summed E-state index contributed by atoms with van der Waals surface area (Å²) < 4.78 is 10.9. The number of carbonyl (C=O) groups excluding carboxylic acids is 1. The van der Waals surface area contributed by atoms with E-state index in [0.717, 1.165) is 27.5 Å². The molecule has 134 valence electrons. The number of rotatable bonds is 8. The molecular weight excluding hydrogens is 334 g/mol. The van der Waals surface area contributed by atoms with Crippen LogP contribution in [-0.2, 0) is 4.79 Å². The average Bonchev–Trinajstić information content (AvgIpc) is 2.61. The van der Waals surface area contributed by atoms with Gasteiger partial charge in [-0.25, -0.2) is 0 Å². The molecule has 4 nitrogen and oxygen atoms in total. The Balaban J connectivity index is 1.75. The zero-order chi connectivity index (χ0) is 18.2. The molecule has 5 heteroatoms. The van der Waals surface area contributed by atoms with Crippen molar-refractivity contribution in [3.63, 3.8) is 0 Å². The molecule has 1 amide bonds. The Morgan fingerprint density at radius 2 is 1.76 bits per heavy atom. The first-order chi connectivity index (χ1) is 12.0. The molecule has 0 bridgehead atoms. The van der Waals surface area contributed by atoms with Crippen LogP contribution in [-0.4, -0.2) is 31.4 Å². The van der Waals surface area contributed by atoms with Gasteiger partial charge in [0.15, 0.2) is 0 Å². The quantitative estimate of drug-likeness (QED) is 0.572. The van der Waals surface area contributed by atoms with Crippen molar-refractivity contribution in [2.75, 3.05) is 20.3 Å². The molecule has 0 saturated carbocycles. The fourth-order valence-electron chi connectivity index (χ4n) is 2.41. The minimum Gasteiger partial charge on any atom is -0.497 e. The van der Waals surface area contributed by atoms with Crippen LogP contribution in [0.4, 0.5) is 0 Å². The summed E-state index contributed by atoms with van der Waals surface area (Å²) in [6, 6.07) is 13.8. The fourth-order valence-corrected chi connectivity index (χ4v) is 3.30. The Kier molecular flexibility index (Phi) is 7.19. The van der Waals surface area contributed by atoms with Crippen LogP contribution in [0.15, 0.2) is 47.4 Å². The standard InChI is InChI=1S/C20H25NO3S/c1-14-6-5-7-15(2)19(14)24-13-12-21-20(22)16(3)25-18-10-8-17(23-4)9-11-18/h5-11,16H,12-13H2,1-4H3,(H,21,22). The number of ether oxygens (including phenoxy) is 2. The van der Waals surface area contributed by atoms with Gasteiger partial charge in [0.05, 0.1) is 18.9 Å². The Bertz CT molecular complexity index is 680. The molecule has 0 aliphatic rings. The summed E-state index contributed by atoms with van der Waals surface area (Å²) in [6.07, 6.45) is 0. The van der Waals surface area contributed by atoms with E-state index in [9.17, 15) is 4.79 Å². The lowest BCUT2D eigenvalue weighted by molar-refractivity contribution is -0.120. The number of aryl methyl sites for hydroxylation is 2. The molecule has 0 aliphatic carbocycles. The van der Waals surface area contributed by atoms with Gasteiger partial charge in [-0.3, -0.25) is 4.79 Å². The van der Waals surface area contributed by atoms with Crippen LogP contribution in [0.5, 0.6) is 11.5 Å². The second-order valence-electron chi connectivity index (χ2n) is 5.80. The highest BCUT2D eigenvalue weighted by atomic mass is 32.2. The van der Waals surface area contributed by atoms with E-state index in [1.165, 1.54) is 11.8 Å². The van der Waals surface area contributed by atoms with E-state index in [2.05, 4.69) is 5.32 Å². The highest BCUT2D eigenvalue weighted by Crippen LogP contribution is 2.25. The Morgan fingerprint density at radius 1 is 1.12 bits per heavy atom. The molecule has 0 spiro atoms. The van der Waals surface area contributed by atoms with Crippen LogP contribution in [0, 0.1) is 13.8 Å². The number of methoxy groups -OCH3 is 1. The number of carbonyl (C=O) groups is 1. The number of thioether (sulfide) groups is 1. The van der Waals surface area contributed by atoms with Gasteiger partial charge < -0.3 is 14.8 Å². The second-order valence-corrected chi connectivity index (χ2v) is 7.21. The maximum absolute atomic E-state index is 12.2. The molecule has 0 aliphatic heterocycles. The van der Waals surface area contributed by atoms with Crippen molar-refractivity contribution in [2.24, 2.45) is 0 Å². The van der Waals surface area contributed by atoms with Crippen LogP contribution < -0.4 is 14.8 Å². The summed E-state index contributed by atoms with van der Waals surface area (Å²) in [5.74, 6) is 1.72. The van der Waals surface area contributed by atoms with Gasteiger partial charge in [-0.2, -0.15) is 0 Å². The van der Waals surface area contributed by atoms with E-state index >= 15 is 0 Å². The largest absolute Gasteiger partial charge is 0.497 e. The average molecular weight is 359 g/mol. The first-order valence-electron chi connectivity index (χ1n) is 8.28. The SMILES string of the molecule is COc1ccc(SC(C)C(=O)NCCOc2c(C)cccc2C)cc1. The van der Waals surface area contributed by atoms with Crippen molar-refractivity contribution in [1.29, 1.82) is 0 Å². The van der Waals surface area contributed by atoms with Gasteiger partial charge in [-0.15, -0.1) is 11.8 Å². The van der Waals surface area contributed by atoms with Crippen molar-refractivity contribution < 1.29 is 14.3 Å². The summed E-state index contributed by atoms with van der Waals surface area (Å²) in [5, 5.41) is 2.75. The molecule has 2 aromatic carbocycles. The smallest absolute Gasteiger partial charge is 0.233 e. The third-order valence-corrected chi connectivity index (χ3v) is 4.91. The molecule has 0 radical (unpaired) electrons. The van der Waals surface area contributed by atoms with E-state index in [-0.39, 0.29) is 11.2 Å². The molecule has 25 heavy (non-hydrogen) atoms. The minimum absolute atomic E-state index is 0.00548. The van der Waals surface area contributed by atoms with Gasteiger partial charge >= 0.3 is 0 Å². The Morgan fingerprint density at radius 3 is 2.36 bits per heavy atom. The molecule has 1 N–H and O–H groups in total. The molecule has 1 atom stereocenters. The number of amides is 1. The lowest BCUT2D eigenvalue weighted by Crippen LogP contribution is -2.34. The molecule has 0 fully saturated rings. The van der Waals surface area contributed by atoms with Crippen LogP contribution in [0.1, 0.15) is 18.1 Å². The maximum Gasteiger partial charge on any atom is 0.233 e. The molecule has 2 aromatic rings. The zero-order valence-electron chi connectivity index (χ0n) is 15.2. The lowest BCUT2D eigenvalue weighted by Gasteiger charge is -2.14. The number of nitrogens with one attached hydrogen (secondary N) is 1. The van der Waals surface area contributed by atoms with Gasteiger partial charge in [0.2, 0.25) is 5.91 Å². The van der Waals surface area contributed by atoms with Crippen LogP contribution >= 0.6 is 11.8 Å². The third kappa shape index (κ3) is 5.71. The van der Waals surface area contributed by atoms with Crippen LogP contribution in [0.25, 0.3) is 0 Å². The predicted octanol–water partition coefficient (Wildman–Crippen LogP) is 3.99. The first-order valence-corrected chi connectivity index (χ1v) is 9.16. The van der Waals surface area contributed by atoms with E-state index in [1.54, 1.807) is 7.11 Å². The molecule has 0 saturated heterocycles. The highest BCUT2D eigenvalue weighted by molar-refractivity contribution is 8.00. The lowest BCUT2D eigenvalue weighted by atomic mass is 10.1. The normalized spacial score (nSPS) is 11.7. The zero-order valence-corrected chi connectivity index (χ0v) is 16.0. The molecule has 1 unspecified atom stereocenters. The van der Waals surface area contributed by atoms with Gasteiger partial charge in [0.25, 0.3) is 0 Å². The minimum atomic E-state index is -0.173. The Hall–Kier alpha value is -2.14. The van der Waals surface area contributed by atoms with Gasteiger partial charge in [-0.1, -0.05) is 18.2 Å². The number of benzene rings is 2. The predicted molar refractivity (Wildman–Crippen MR) is 103 cm³/mol. The molecule has 0 heterocycles. The molecule has 2 rings (SSSR count). The second kappa shape index (κ2) is 9.37. The van der Waals surface area contributed by atoms with E-state index < -0.39 is 0 Å². The van der Waals surface area contributed by atoms with Crippen molar-refractivity contribution >= 4 is 17.7 Å². The van der Waals surface area contributed by atoms with Crippen LogP contribution in [0.2, 0.25) is 0 Å². The summed E-state index contributed by atoms with van der Waals surface area (Å²) in [6.45, 7) is 6.89. The van der Waals surface area contributed by atoms with Crippen molar-refractivity contribution in [1.82, 2.24) is 5.32 Å². The van der Waals surface area contributed by atoms with E-state index in [1.807, 2.05) is 63.2 Å². The van der Waals surface area contributed by atoms with Crippen molar-refractivity contribution in [3.05, 3.63) is 53.6 Å². The first kappa shape index (κ1) is 19.2. The number of hydrogen-bond donors (Lipinski definition) is 1. The van der Waals surface area contributed by atoms with Crippen LogP contribution in [0.3, 0.4) is 0 Å². The highest BCUT2D eigenvalue weighted by Gasteiger charge is 2.14. The topological polar surface area (TPSA) is 47.6 Å². The number of para-hydroxylation sites is 1. The Labute approximate surface area is 153 Å². The summed E-state index contributed by atoms with van der Waals surface area (Å²) >= 11 is 1.52. The van der Waals surface area contributed by atoms with Crippen molar-refractivity contribution in [3.8, 4) is 11.5 Å². The van der Waals surface area contributed by atoms with Gasteiger partial charge in [0.1, 0.15) is 18.1 Å². The summed E-state index contributed by atoms with van der Waals surface area (Å²) in [4.78, 5) is 13.2. The van der Waals surface area contributed by atoms with E-state index in [4.69, 9.17) is 9.47 Å². The molecule has 0 aromatic heterocycles. The third-order valence-electron chi connectivity index (χ3n) is 3.80. The summed E-state index contributed by atoms with van der Waals surface area (Å²) in [7, 11) is 1.64. The van der Waals surface area contributed by atoms with Gasteiger partial charge in [-0.05, 0) is 56.2 Å². The number of hydrogen-bond acceptors (Lipinski definition) is 4.